The first-order chi connectivity index (χ1) is 8.10. The van der Waals surface area contributed by atoms with Crippen LogP contribution in [0.4, 0.5) is 0 Å². The number of rotatable bonds is 6. The van der Waals surface area contributed by atoms with Gasteiger partial charge in [0.25, 0.3) is 0 Å². The number of halogens is 1. The van der Waals surface area contributed by atoms with Gasteiger partial charge in [-0.2, -0.15) is 0 Å². The lowest BCUT2D eigenvalue weighted by molar-refractivity contribution is -0.414. The molecule has 1 N–H and O–H groups in total. The molecule has 0 saturated carbocycles. The lowest BCUT2D eigenvalue weighted by Crippen LogP contribution is -2.35. The van der Waals surface area contributed by atoms with Crippen molar-refractivity contribution in [3.05, 3.63) is 21.1 Å². The van der Waals surface area contributed by atoms with Crippen LogP contribution < -0.4 is 5.32 Å². The second-order valence-electron chi connectivity index (χ2n) is 3.91. The van der Waals surface area contributed by atoms with E-state index in [-0.39, 0.29) is 5.16 Å². The Morgan fingerprint density at radius 2 is 2.41 bits per heavy atom. The summed E-state index contributed by atoms with van der Waals surface area (Å²) in [4.78, 5) is 12.0. The van der Waals surface area contributed by atoms with E-state index in [9.17, 15) is 10.1 Å². The van der Waals surface area contributed by atoms with E-state index < -0.39 is 4.92 Å². The average molecular weight is 264 g/mol. The molecule has 0 aliphatic carbocycles. The topological polar surface area (TPSA) is 67.6 Å². The summed E-state index contributed by atoms with van der Waals surface area (Å²) in [5.41, 5.74) is 0. The molecule has 0 aromatic rings. The molecule has 17 heavy (non-hydrogen) atoms. The van der Waals surface area contributed by atoms with Crippen LogP contribution in [0.2, 0.25) is 0 Å². The Balaban J connectivity index is 2.75. The van der Waals surface area contributed by atoms with Gasteiger partial charge in [0.2, 0.25) is 0 Å². The normalized spacial score (nSPS) is 21.0. The second kappa shape index (κ2) is 6.66. The van der Waals surface area contributed by atoms with Crippen LogP contribution in [0.3, 0.4) is 0 Å². The highest BCUT2D eigenvalue weighted by molar-refractivity contribution is 6.28. The first-order valence-electron chi connectivity index (χ1n) is 5.64. The van der Waals surface area contributed by atoms with Gasteiger partial charge in [-0.05, 0) is 24.9 Å². The van der Waals surface area contributed by atoms with Crippen LogP contribution in [0, 0.1) is 16.0 Å². The van der Waals surface area contributed by atoms with E-state index in [1.165, 1.54) is 0 Å². The summed E-state index contributed by atoms with van der Waals surface area (Å²) in [6.45, 7) is 4.80. The molecule has 1 unspecified atom stereocenters. The van der Waals surface area contributed by atoms with E-state index in [1.807, 2.05) is 11.8 Å². The van der Waals surface area contributed by atoms with E-state index in [0.717, 1.165) is 19.6 Å². The predicted molar refractivity (Wildman–Crippen MR) is 65.1 cm³/mol. The highest BCUT2D eigenvalue weighted by Crippen LogP contribution is 2.18. The van der Waals surface area contributed by atoms with Crippen LogP contribution in [0.5, 0.6) is 0 Å². The monoisotopic (exact) mass is 263 g/mol. The molecule has 0 bridgehead atoms. The molecular formula is C10H18ClN3O3. The minimum absolute atomic E-state index is 0.367. The van der Waals surface area contributed by atoms with Gasteiger partial charge < -0.3 is 15.0 Å². The zero-order valence-corrected chi connectivity index (χ0v) is 10.9. The Labute approximate surface area is 106 Å². The molecule has 98 valence electrons. The van der Waals surface area contributed by atoms with E-state index in [4.69, 9.17) is 16.3 Å². The highest BCUT2D eigenvalue weighted by Gasteiger charge is 2.24. The second-order valence-corrected chi connectivity index (χ2v) is 4.27. The van der Waals surface area contributed by atoms with Crippen LogP contribution >= 0.6 is 11.6 Å². The summed E-state index contributed by atoms with van der Waals surface area (Å²) in [5, 5.41) is 13.1. The van der Waals surface area contributed by atoms with Crippen molar-refractivity contribution in [3.8, 4) is 0 Å². The molecule has 0 amide bonds. The molecule has 0 radical (unpaired) electrons. The number of hydrogen-bond acceptors (Lipinski definition) is 5. The fourth-order valence-electron chi connectivity index (χ4n) is 1.90. The van der Waals surface area contributed by atoms with Crippen LogP contribution in [0.15, 0.2) is 11.0 Å². The zero-order chi connectivity index (χ0) is 12.8. The van der Waals surface area contributed by atoms with Crippen LogP contribution in [-0.2, 0) is 4.74 Å². The van der Waals surface area contributed by atoms with Gasteiger partial charge in [0, 0.05) is 32.7 Å². The third kappa shape index (κ3) is 3.74. The maximum absolute atomic E-state index is 10.7. The summed E-state index contributed by atoms with van der Waals surface area (Å²) in [6.07, 6.45) is 0.990. The predicted octanol–water partition coefficient (Wildman–Crippen LogP) is 1.21. The molecule has 1 rings (SSSR count). The van der Waals surface area contributed by atoms with Gasteiger partial charge in [-0.25, -0.2) is 0 Å². The van der Waals surface area contributed by atoms with Crippen molar-refractivity contribution in [2.45, 2.75) is 13.3 Å². The van der Waals surface area contributed by atoms with Gasteiger partial charge in [-0.1, -0.05) is 0 Å². The molecule has 7 heteroatoms. The molecular weight excluding hydrogens is 246 g/mol. The first kappa shape index (κ1) is 14.1. The Morgan fingerprint density at radius 1 is 1.71 bits per heavy atom. The standard InChI is InChI=1S/C10H18ClN3O3/c1-3-13(6-8-4-5-17-7-8)10(12-2)9(11)14(15)16/h8,12H,3-7H2,1-2H3. The van der Waals surface area contributed by atoms with E-state index in [2.05, 4.69) is 5.32 Å². The van der Waals surface area contributed by atoms with Crippen molar-refractivity contribution in [2.75, 3.05) is 33.4 Å². The van der Waals surface area contributed by atoms with Crippen molar-refractivity contribution < 1.29 is 9.66 Å². The summed E-state index contributed by atoms with van der Waals surface area (Å²) in [7, 11) is 1.63. The molecule has 0 aromatic carbocycles. The Morgan fingerprint density at radius 3 is 2.82 bits per heavy atom. The number of nitrogens with one attached hydrogen (secondary N) is 1. The molecule has 1 aliphatic rings. The van der Waals surface area contributed by atoms with E-state index in [0.29, 0.717) is 24.9 Å². The third-order valence-electron chi connectivity index (χ3n) is 2.79. The SMILES string of the molecule is CCN(CC1CCOC1)C(NC)=C(Cl)[N+](=O)[O-]. The van der Waals surface area contributed by atoms with Crippen LogP contribution in [0.1, 0.15) is 13.3 Å². The van der Waals surface area contributed by atoms with Crippen molar-refractivity contribution in [3.63, 3.8) is 0 Å². The Kier molecular flexibility index (Phi) is 5.50. The highest BCUT2D eigenvalue weighted by atomic mass is 35.5. The van der Waals surface area contributed by atoms with E-state index in [1.54, 1.807) is 7.05 Å². The van der Waals surface area contributed by atoms with Crippen LogP contribution in [0.25, 0.3) is 0 Å². The van der Waals surface area contributed by atoms with Gasteiger partial charge >= 0.3 is 5.16 Å². The molecule has 1 fully saturated rings. The minimum Gasteiger partial charge on any atom is -0.381 e. The Bertz CT molecular complexity index is 303. The Hall–Kier alpha value is -1.01. The number of ether oxygens (including phenoxy) is 1. The smallest absolute Gasteiger partial charge is 0.377 e. The molecule has 1 saturated heterocycles. The van der Waals surface area contributed by atoms with Crippen molar-refractivity contribution in [1.29, 1.82) is 0 Å². The lowest BCUT2D eigenvalue weighted by Gasteiger charge is -2.26. The van der Waals surface area contributed by atoms with Crippen molar-refractivity contribution >= 4 is 11.6 Å². The third-order valence-corrected chi connectivity index (χ3v) is 3.11. The van der Waals surface area contributed by atoms with Crippen molar-refractivity contribution in [1.82, 2.24) is 10.2 Å². The van der Waals surface area contributed by atoms with Gasteiger partial charge in [0.1, 0.15) is 0 Å². The largest absolute Gasteiger partial charge is 0.381 e. The fourth-order valence-corrected chi connectivity index (χ4v) is 2.11. The average Bonchev–Trinajstić information content (AvgIpc) is 2.81. The summed E-state index contributed by atoms with van der Waals surface area (Å²) in [5.74, 6) is 0.778. The quantitative estimate of drug-likeness (QED) is 0.443. The maximum atomic E-state index is 10.7. The summed E-state index contributed by atoms with van der Waals surface area (Å²) >= 11 is 5.69. The molecule has 6 nitrogen and oxygen atoms in total. The maximum Gasteiger partial charge on any atom is 0.377 e. The number of hydrogen-bond donors (Lipinski definition) is 1. The van der Waals surface area contributed by atoms with Crippen molar-refractivity contribution in [2.24, 2.45) is 5.92 Å². The first-order valence-corrected chi connectivity index (χ1v) is 6.02. The molecule has 1 aliphatic heterocycles. The van der Waals surface area contributed by atoms with Gasteiger partial charge in [-0.15, -0.1) is 0 Å². The molecule has 0 aromatic heterocycles. The summed E-state index contributed by atoms with van der Waals surface area (Å²) in [6, 6.07) is 0. The molecule has 0 spiro atoms. The fraction of sp³-hybridized carbons (Fsp3) is 0.800. The number of nitrogens with zero attached hydrogens (tertiary/aromatic N) is 2. The van der Waals surface area contributed by atoms with Gasteiger partial charge in [0.05, 0.1) is 11.5 Å². The van der Waals surface area contributed by atoms with E-state index >= 15 is 0 Å². The zero-order valence-electron chi connectivity index (χ0n) is 10.1. The van der Waals surface area contributed by atoms with Crippen LogP contribution in [-0.4, -0.2) is 43.2 Å². The molecule has 1 heterocycles. The lowest BCUT2D eigenvalue weighted by atomic mass is 10.1. The van der Waals surface area contributed by atoms with Gasteiger partial charge in [-0.3, -0.25) is 10.1 Å². The number of nitro groups is 1. The van der Waals surface area contributed by atoms with Gasteiger partial charge in [0.15, 0.2) is 5.82 Å². The summed E-state index contributed by atoms with van der Waals surface area (Å²) < 4.78 is 5.29. The minimum atomic E-state index is -0.582. The molecule has 1 atom stereocenters.